The van der Waals surface area contributed by atoms with Crippen LogP contribution in [0.3, 0.4) is 0 Å². The van der Waals surface area contributed by atoms with Crippen molar-refractivity contribution in [2.45, 2.75) is 45.1 Å². The lowest BCUT2D eigenvalue weighted by molar-refractivity contribution is -0.125. The molecule has 0 unspecified atom stereocenters. The van der Waals surface area contributed by atoms with Gasteiger partial charge in [-0.1, -0.05) is 12.8 Å². The molecular weight excluding hydrogens is 220 g/mol. The summed E-state index contributed by atoms with van der Waals surface area (Å²) in [6.07, 6.45) is 3.94. The molecule has 0 aromatic rings. The van der Waals surface area contributed by atoms with Crippen LogP contribution in [0.5, 0.6) is 0 Å². The molecule has 5 nitrogen and oxygen atoms in total. The van der Waals surface area contributed by atoms with Crippen molar-refractivity contribution >= 4 is 11.8 Å². The van der Waals surface area contributed by atoms with Crippen LogP contribution in [0, 0.1) is 5.92 Å². The number of hydrogen-bond acceptors (Lipinski definition) is 3. The number of carbonyl (C=O) groups excluding carboxylic acids is 2. The van der Waals surface area contributed by atoms with Crippen LogP contribution < -0.4 is 10.6 Å². The van der Waals surface area contributed by atoms with E-state index in [9.17, 15) is 9.59 Å². The number of nitrogens with one attached hydrogen (secondary N) is 2. The van der Waals surface area contributed by atoms with Crippen molar-refractivity contribution in [3.63, 3.8) is 0 Å². The van der Waals surface area contributed by atoms with Crippen molar-refractivity contribution in [1.29, 1.82) is 0 Å². The first-order chi connectivity index (χ1) is 8.09. The molecule has 0 aromatic heterocycles. The van der Waals surface area contributed by atoms with Gasteiger partial charge in [0.25, 0.3) is 0 Å². The maximum atomic E-state index is 11.6. The second-order valence-corrected chi connectivity index (χ2v) is 4.68. The van der Waals surface area contributed by atoms with Gasteiger partial charge < -0.3 is 15.7 Å². The zero-order chi connectivity index (χ0) is 12.7. The molecule has 1 aliphatic carbocycles. The van der Waals surface area contributed by atoms with Gasteiger partial charge in [0.05, 0.1) is 6.10 Å². The van der Waals surface area contributed by atoms with Gasteiger partial charge in [0, 0.05) is 25.4 Å². The van der Waals surface area contributed by atoms with Crippen LogP contribution >= 0.6 is 0 Å². The van der Waals surface area contributed by atoms with E-state index in [0.717, 1.165) is 25.7 Å². The summed E-state index contributed by atoms with van der Waals surface area (Å²) in [6, 6.07) is 0. The van der Waals surface area contributed by atoms with Crippen LogP contribution in [-0.4, -0.2) is 36.1 Å². The second kappa shape index (κ2) is 7.27. The maximum absolute atomic E-state index is 11.6. The number of aliphatic hydroxyl groups excluding tert-OH is 1. The number of carbonyl (C=O) groups is 2. The first kappa shape index (κ1) is 14.0. The summed E-state index contributed by atoms with van der Waals surface area (Å²) < 4.78 is 0. The summed E-state index contributed by atoms with van der Waals surface area (Å²) in [6.45, 7) is 2.25. The number of hydrogen-bond donors (Lipinski definition) is 3. The topological polar surface area (TPSA) is 78.4 Å². The summed E-state index contributed by atoms with van der Waals surface area (Å²) in [4.78, 5) is 22.9. The molecule has 1 saturated carbocycles. The van der Waals surface area contributed by atoms with E-state index in [1.807, 2.05) is 0 Å². The zero-order valence-corrected chi connectivity index (χ0v) is 10.4. The fourth-order valence-corrected chi connectivity index (χ4v) is 1.98. The van der Waals surface area contributed by atoms with Gasteiger partial charge >= 0.3 is 0 Å². The summed E-state index contributed by atoms with van der Waals surface area (Å²) in [5.41, 5.74) is 0. The van der Waals surface area contributed by atoms with Crippen LogP contribution in [0.2, 0.25) is 0 Å². The van der Waals surface area contributed by atoms with Crippen LogP contribution in [-0.2, 0) is 9.59 Å². The molecular formula is C12H22N2O3. The van der Waals surface area contributed by atoms with E-state index in [0.29, 0.717) is 6.54 Å². The third-order valence-corrected chi connectivity index (χ3v) is 2.97. The Morgan fingerprint density at radius 2 is 1.94 bits per heavy atom. The second-order valence-electron chi connectivity index (χ2n) is 4.68. The van der Waals surface area contributed by atoms with Gasteiger partial charge in [0.15, 0.2) is 0 Å². The van der Waals surface area contributed by atoms with Gasteiger partial charge in [-0.05, 0) is 19.8 Å². The number of aliphatic hydroxyl groups is 1. The van der Waals surface area contributed by atoms with Crippen molar-refractivity contribution in [2.75, 3.05) is 13.1 Å². The van der Waals surface area contributed by atoms with E-state index in [1.54, 1.807) is 6.92 Å². The Hall–Kier alpha value is -1.10. The average molecular weight is 242 g/mol. The minimum Gasteiger partial charge on any atom is -0.392 e. The molecule has 17 heavy (non-hydrogen) atoms. The Balaban J connectivity index is 2.06. The smallest absolute Gasteiger partial charge is 0.223 e. The predicted octanol–water partition coefficient (Wildman–Crippen LogP) is 0.180. The molecule has 1 fully saturated rings. The first-order valence-electron chi connectivity index (χ1n) is 6.32. The van der Waals surface area contributed by atoms with Gasteiger partial charge in [0.1, 0.15) is 0 Å². The Morgan fingerprint density at radius 3 is 2.53 bits per heavy atom. The first-order valence-corrected chi connectivity index (χ1v) is 6.32. The van der Waals surface area contributed by atoms with Crippen LogP contribution in [0.25, 0.3) is 0 Å². The highest BCUT2D eigenvalue weighted by Gasteiger charge is 2.22. The molecule has 0 saturated heterocycles. The number of amides is 2. The SMILES string of the molecule is C[C@H](O)CNC(=O)CCNC(=O)C1CCCC1. The largest absolute Gasteiger partial charge is 0.392 e. The minimum absolute atomic E-state index is 0.0748. The normalized spacial score (nSPS) is 17.8. The van der Waals surface area contributed by atoms with Gasteiger partial charge in [0.2, 0.25) is 11.8 Å². The molecule has 0 bridgehead atoms. The fraction of sp³-hybridized carbons (Fsp3) is 0.833. The van der Waals surface area contributed by atoms with Gasteiger partial charge in [-0.2, -0.15) is 0 Å². The van der Waals surface area contributed by atoms with Gasteiger partial charge in [-0.15, -0.1) is 0 Å². The molecule has 0 radical (unpaired) electrons. The molecule has 5 heteroatoms. The monoisotopic (exact) mass is 242 g/mol. The van der Waals surface area contributed by atoms with E-state index >= 15 is 0 Å². The molecule has 0 aliphatic heterocycles. The third kappa shape index (κ3) is 5.68. The molecule has 1 atom stereocenters. The molecule has 1 rings (SSSR count). The van der Waals surface area contributed by atoms with Crippen LogP contribution in [0.1, 0.15) is 39.0 Å². The quantitative estimate of drug-likeness (QED) is 0.621. The van der Waals surface area contributed by atoms with Crippen molar-refractivity contribution in [3.05, 3.63) is 0 Å². The Labute approximate surface area is 102 Å². The number of rotatable bonds is 6. The van der Waals surface area contributed by atoms with E-state index in [-0.39, 0.29) is 30.7 Å². The van der Waals surface area contributed by atoms with Crippen LogP contribution in [0.15, 0.2) is 0 Å². The van der Waals surface area contributed by atoms with Gasteiger partial charge in [-0.25, -0.2) is 0 Å². The summed E-state index contributed by atoms with van der Waals surface area (Å²) in [5.74, 6) is 0.0824. The Bertz CT molecular complexity index is 260. The molecule has 1 aliphatic rings. The molecule has 0 spiro atoms. The molecule has 0 aromatic carbocycles. The summed E-state index contributed by atoms with van der Waals surface area (Å²) >= 11 is 0. The van der Waals surface area contributed by atoms with E-state index in [1.165, 1.54) is 0 Å². The lowest BCUT2D eigenvalue weighted by Gasteiger charge is -2.10. The third-order valence-electron chi connectivity index (χ3n) is 2.97. The standard InChI is InChI=1S/C12H22N2O3/c1-9(15)8-14-11(16)6-7-13-12(17)10-4-2-3-5-10/h9-10,15H,2-8H2,1H3,(H,13,17)(H,14,16)/t9-/m0/s1. The van der Waals surface area contributed by atoms with Crippen molar-refractivity contribution in [2.24, 2.45) is 5.92 Å². The Morgan fingerprint density at radius 1 is 1.29 bits per heavy atom. The minimum atomic E-state index is -0.535. The predicted molar refractivity (Wildman–Crippen MR) is 64.3 cm³/mol. The van der Waals surface area contributed by atoms with Crippen molar-refractivity contribution in [3.8, 4) is 0 Å². The van der Waals surface area contributed by atoms with Gasteiger partial charge in [-0.3, -0.25) is 9.59 Å². The van der Waals surface area contributed by atoms with Crippen molar-refractivity contribution < 1.29 is 14.7 Å². The molecule has 2 amide bonds. The molecule has 3 N–H and O–H groups in total. The highest BCUT2D eigenvalue weighted by molar-refractivity contribution is 5.80. The lowest BCUT2D eigenvalue weighted by Crippen LogP contribution is -2.35. The van der Waals surface area contributed by atoms with Crippen molar-refractivity contribution in [1.82, 2.24) is 10.6 Å². The van der Waals surface area contributed by atoms with E-state index in [4.69, 9.17) is 5.11 Å². The van der Waals surface area contributed by atoms with Crippen LogP contribution in [0.4, 0.5) is 0 Å². The summed E-state index contributed by atoms with van der Waals surface area (Å²) in [5, 5.41) is 14.3. The van der Waals surface area contributed by atoms with E-state index < -0.39 is 6.10 Å². The van der Waals surface area contributed by atoms with E-state index in [2.05, 4.69) is 10.6 Å². The highest BCUT2D eigenvalue weighted by Crippen LogP contribution is 2.24. The molecule has 0 heterocycles. The fourth-order valence-electron chi connectivity index (χ4n) is 1.98. The Kier molecular flexibility index (Phi) is 5.97. The molecule has 98 valence electrons. The maximum Gasteiger partial charge on any atom is 0.223 e. The lowest BCUT2D eigenvalue weighted by atomic mass is 10.1. The summed E-state index contributed by atoms with van der Waals surface area (Å²) in [7, 11) is 0. The average Bonchev–Trinajstić information content (AvgIpc) is 2.79. The highest BCUT2D eigenvalue weighted by atomic mass is 16.3. The zero-order valence-electron chi connectivity index (χ0n) is 10.4.